The molecule has 2 fully saturated rings. The van der Waals surface area contributed by atoms with E-state index in [0.717, 1.165) is 10.5 Å². The number of benzene rings is 1. The van der Waals surface area contributed by atoms with Crippen molar-refractivity contribution in [3.05, 3.63) is 29.8 Å². The van der Waals surface area contributed by atoms with Crippen molar-refractivity contribution in [2.75, 3.05) is 25.1 Å². The van der Waals surface area contributed by atoms with Crippen molar-refractivity contribution in [3.8, 4) is 0 Å². The molecule has 0 aromatic heterocycles. The molecule has 1 N–H and O–H groups in total. The van der Waals surface area contributed by atoms with Gasteiger partial charge in [-0.3, -0.25) is 14.4 Å². The van der Waals surface area contributed by atoms with E-state index in [1.54, 1.807) is 6.07 Å². The van der Waals surface area contributed by atoms with Gasteiger partial charge in [0.2, 0.25) is 5.91 Å². The van der Waals surface area contributed by atoms with E-state index >= 15 is 0 Å². The van der Waals surface area contributed by atoms with Gasteiger partial charge >= 0.3 is 5.97 Å². The molecule has 2 amide bonds. The zero-order valence-electron chi connectivity index (χ0n) is 14.1. The van der Waals surface area contributed by atoms with Crippen LogP contribution < -0.4 is 9.80 Å². The van der Waals surface area contributed by atoms with E-state index in [2.05, 4.69) is 0 Å². The maximum atomic E-state index is 12.8. The number of quaternary nitrogens is 1. The molecule has 2 aliphatic rings. The predicted molar refractivity (Wildman–Crippen MR) is 87.5 cm³/mol. The Morgan fingerprint density at radius 3 is 2.58 bits per heavy atom. The van der Waals surface area contributed by atoms with Gasteiger partial charge in [-0.1, -0.05) is 12.1 Å². The first kappa shape index (κ1) is 16.6. The number of ether oxygens (including phenoxy) is 1. The highest BCUT2D eigenvalue weighted by molar-refractivity contribution is 6.21. The molecule has 1 aromatic carbocycles. The second-order valence-electron chi connectivity index (χ2n) is 6.62. The number of hydrogen-bond donors (Lipinski definition) is 1. The summed E-state index contributed by atoms with van der Waals surface area (Å²) in [6, 6.07) is 7.11. The van der Waals surface area contributed by atoms with Crippen LogP contribution in [0.25, 0.3) is 0 Å². The average Bonchev–Trinajstić information content (AvgIpc) is 2.89. The third kappa shape index (κ3) is 3.06. The normalized spacial score (nSPS) is 27.4. The first-order valence-corrected chi connectivity index (χ1v) is 8.37. The zero-order chi connectivity index (χ0) is 17.3. The number of carbonyl (C=O) groups excluding carboxylic acids is 3. The molecule has 0 radical (unpaired) electrons. The molecule has 2 heterocycles. The lowest BCUT2D eigenvalue weighted by molar-refractivity contribution is -0.920. The minimum absolute atomic E-state index is 0.0844. The summed E-state index contributed by atoms with van der Waals surface area (Å²) >= 11 is 0. The number of nitrogens with zero attached hydrogens (tertiary/aromatic N) is 1. The molecule has 6 nitrogen and oxygen atoms in total. The van der Waals surface area contributed by atoms with Gasteiger partial charge in [-0.15, -0.1) is 0 Å². The predicted octanol–water partition coefficient (Wildman–Crippen LogP) is 0.0948. The van der Waals surface area contributed by atoms with E-state index in [1.165, 1.54) is 12.0 Å². The topological polar surface area (TPSA) is 68.1 Å². The lowest BCUT2D eigenvalue weighted by atomic mass is 9.95. The third-order valence-electron chi connectivity index (χ3n) is 5.06. The fourth-order valence-electron chi connectivity index (χ4n) is 3.73. The number of likely N-dealkylation sites (tertiary alicyclic amines) is 1. The minimum atomic E-state index is -0.336. The third-order valence-corrected chi connectivity index (χ3v) is 5.06. The molecule has 0 aliphatic carbocycles. The molecule has 2 aliphatic heterocycles. The van der Waals surface area contributed by atoms with Crippen LogP contribution in [-0.4, -0.2) is 44.0 Å². The van der Waals surface area contributed by atoms with Crippen molar-refractivity contribution in [2.45, 2.75) is 32.2 Å². The van der Waals surface area contributed by atoms with Gasteiger partial charge in [-0.05, 0) is 24.6 Å². The van der Waals surface area contributed by atoms with Gasteiger partial charge in [0.15, 0.2) is 6.04 Å². The van der Waals surface area contributed by atoms with Crippen LogP contribution in [0.15, 0.2) is 24.3 Å². The van der Waals surface area contributed by atoms with Crippen LogP contribution in [0, 0.1) is 12.8 Å². The maximum Gasteiger partial charge on any atom is 0.309 e. The first-order chi connectivity index (χ1) is 11.5. The van der Waals surface area contributed by atoms with Crippen molar-refractivity contribution in [2.24, 2.45) is 5.92 Å². The van der Waals surface area contributed by atoms with Gasteiger partial charge in [0.05, 0.1) is 38.2 Å². The molecule has 0 spiro atoms. The smallest absolute Gasteiger partial charge is 0.309 e. The summed E-state index contributed by atoms with van der Waals surface area (Å²) in [5.74, 6) is -0.529. The summed E-state index contributed by atoms with van der Waals surface area (Å²) in [6.45, 7) is 3.37. The minimum Gasteiger partial charge on any atom is -0.469 e. The fourth-order valence-corrected chi connectivity index (χ4v) is 3.73. The van der Waals surface area contributed by atoms with Gasteiger partial charge in [0, 0.05) is 12.8 Å². The summed E-state index contributed by atoms with van der Waals surface area (Å²) < 4.78 is 4.80. The SMILES string of the molecule is COC(=O)C1CC[NH+]([C@H]2CC(=O)N(c3cccc(C)c3)C2=O)CC1. The van der Waals surface area contributed by atoms with Crippen LogP contribution in [0.2, 0.25) is 0 Å². The number of piperidine rings is 1. The summed E-state index contributed by atoms with van der Waals surface area (Å²) in [7, 11) is 1.40. The number of carbonyl (C=O) groups is 3. The fraction of sp³-hybridized carbons (Fsp3) is 0.500. The van der Waals surface area contributed by atoms with E-state index in [9.17, 15) is 14.4 Å². The molecule has 2 saturated heterocycles. The van der Waals surface area contributed by atoms with E-state index in [4.69, 9.17) is 4.74 Å². The van der Waals surface area contributed by atoms with Crippen molar-refractivity contribution in [1.29, 1.82) is 0 Å². The number of methoxy groups -OCH3 is 1. The maximum absolute atomic E-state index is 12.8. The number of nitrogens with one attached hydrogen (secondary N) is 1. The Morgan fingerprint density at radius 1 is 1.25 bits per heavy atom. The summed E-state index contributed by atoms with van der Waals surface area (Å²) in [5, 5.41) is 0. The monoisotopic (exact) mass is 331 g/mol. The molecule has 1 atom stereocenters. The quantitative estimate of drug-likeness (QED) is 0.630. The number of esters is 1. The molecule has 3 rings (SSSR count). The van der Waals surface area contributed by atoms with E-state index in [1.807, 2.05) is 25.1 Å². The number of hydrogen-bond acceptors (Lipinski definition) is 4. The van der Waals surface area contributed by atoms with Gasteiger partial charge in [0.1, 0.15) is 0 Å². The van der Waals surface area contributed by atoms with Crippen LogP contribution in [-0.2, 0) is 19.1 Å². The zero-order valence-corrected chi connectivity index (χ0v) is 14.1. The summed E-state index contributed by atoms with van der Waals surface area (Å²) in [4.78, 5) is 39.2. The van der Waals surface area contributed by atoms with Gasteiger partial charge in [0.25, 0.3) is 5.91 Å². The first-order valence-electron chi connectivity index (χ1n) is 8.37. The molecule has 0 saturated carbocycles. The molecule has 24 heavy (non-hydrogen) atoms. The number of anilines is 1. The molecule has 0 bridgehead atoms. The average molecular weight is 331 g/mol. The van der Waals surface area contributed by atoms with Gasteiger partial charge in [-0.2, -0.15) is 0 Å². The lowest BCUT2D eigenvalue weighted by Crippen LogP contribution is -3.17. The van der Waals surface area contributed by atoms with E-state index < -0.39 is 0 Å². The van der Waals surface area contributed by atoms with E-state index in [0.29, 0.717) is 31.6 Å². The van der Waals surface area contributed by atoms with Gasteiger partial charge < -0.3 is 9.64 Å². The van der Waals surface area contributed by atoms with Crippen molar-refractivity contribution in [3.63, 3.8) is 0 Å². The van der Waals surface area contributed by atoms with Crippen LogP contribution in [0.5, 0.6) is 0 Å². The highest BCUT2D eigenvalue weighted by Crippen LogP contribution is 2.23. The molecular weight excluding hydrogens is 308 g/mol. The Kier molecular flexibility index (Phi) is 4.66. The van der Waals surface area contributed by atoms with Crippen LogP contribution in [0.4, 0.5) is 5.69 Å². The molecule has 1 aromatic rings. The lowest BCUT2D eigenvalue weighted by Gasteiger charge is -2.30. The van der Waals surface area contributed by atoms with Gasteiger partial charge in [-0.25, -0.2) is 4.90 Å². The van der Waals surface area contributed by atoms with Crippen molar-refractivity contribution in [1.82, 2.24) is 0 Å². The molecule has 0 unspecified atom stereocenters. The van der Waals surface area contributed by atoms with Crippen molar-refractivity contribution < 1.29 is 24.0 Å². The van der Waals surface area contributed by atoms with E-state index in [-0.39, 0.29) is 36.2 Å². The largest absolute Gasteiger partial charge is 0.469 e. The Bertz CT molecular complexity index is 665. The highest BCUT2D eigenvalue weighted by atomic mass is 16.5. The number of amides is 2. The number of imide groups is 1. The Hall–Kier alpha value is -2.21. The molecule has 128 valence electrons. The Balaban J connectivity index is 1.70. The second kappa shape index (κ2) is 6.73. The Morgan fingerprint density at radius 2 is 1.96 bits per heavy atom. The molecular formula is C18H23N2O4+. The second-order valence-corrected chi connectivity index (χ2v) is 6.62. The summed E-state index contributed by atoms with van der Waals surface area (Å²) in [6.07, 6.45) is 1.64. The van der Waals surface area contributed by atoms with Crippen LogP contribution in [0.1, 0.15) is 24.8 Å². The van der Waals surface area contributed by atoms with Crippen LogP contribution in [0.3, 0.4) is 0 Å². The number of rotatable bonds is 3. The molecule has 6 heteroatoms. The Labute approximate surface area is 141 Å². The van der Waals surface area contributed by atoms with Crippen LogP contribution >= 0.6 is 0 Å². The van der Waals surface area contributed by atoms with Crippen molar-refractivity contribution >= 4 is 23.5 Å². The highest BCUT2D eigenvalue weighted by Gasteiger charge is 2.47. The number of aryl methyl sites for hydroxylation is 1. The summed E-state index contributed by atoms with van der Waals surface area (Å²) in [5.41, 5.74) is 1.67. The standard InChI is InChI=1S/C18H22N2O4/c1-12-4-3-5-14(10-12)20-16(21)11-15(17(20)22)19-8-6-13(7-9-19)18(23)24-2/h3-5,10,13,15H,6-9,11H2,1-2H3/p+1/t15-/m0/s1.